The summed E-state index contributed by atoms with van der Waals surface area (Å²) >= 11 is 6.05. The lowest BCUT2D eigenvalue weighted by atomic mass is 10.2. The van der Waals surface area contributed by atoms with Crippen molar-refractivity contribution in [2.24, 2.45) is 0 Å². The van der Waals surface area contributed by atoms with Gasteiger partial charge in [-0.2, -0.15) is 4.31 Å². The summed E-state index contributed by atoms with van der Waals surface area (Å²) in [6.45, 7) is 1.49. The largest absolute Gasteiger partial charge is 0.497 e. The first-order valence-corrected chi connectivity index (χ1v) is 10.3. The van der Waals surface area contributed by atoms with Crippen LogP contribution in [-0.4, -0.2) is 53.0 Å². The van der Waals surface area contributed by atoms with Crippen molar-refractivity contribution in [2.45, 2.75) is 11.8 Å². The lowest BCUT2D eigenvalue weighted by molar-refractivity contribution is -0.118. The van der Waals surface area contributed by atoms with Gasteiger partial charge in [0.15, 0.2) is 0 Å². The third-order valence-electron chi connectivity index (χ3n) is 4.24. The summed E-state index contributed by atoms with van der Waals surface area (Å²) in [6, 6.07) is 11.2. The van der Waals surface area contributed by atoms with Crippen molar-refractivity contribution in [3.8, 4) is 11.5 Å². The smallest absolute Gasteiger partial charge is 0.243 e. The van der Waals surface area contributed by atoms with Crippen molar-refractivity contribution < 1.29 is 22.7 Å². The lowest BCUT2D eigenvalue weighted by Gasteiger charge is -2.24. The van der Waals surface area contributed by atoms with Crippen LogP contribution in [0.15, 0.2) is 47.4 Å². The summed E-state index contributed by atoms with van der Waals surface area (Å²) in [6.07, 6.45) is 0. The summed E-state index contributed by atoms with van der Waals surface area (Å²) in [5, 5.41) is 0.180. The maximum absolute atomic E-state index is 12.9. The molecule has 2 aromatic rings. The third-order valence-corrected chi connectivity index (χ3v) is 6.45. The molecule has 0 heterocycles. The number of ether oxygens (including phenoxy) is 2. The Morgan fingerprint density at radius 2 is 1.82 bits per heavy atom. The molecule has 0 radical (unpaired) electrons. The molecular formula is C19H23ClN2O5S. The van der Waals surface area contributed by atoms with Crippen LogP contribution in [0.5, 0.6) is 11.5 Å². The first-order valence-electron chi connectivity index (χ1n) is 8.48. The van der Waals surface area contributed by atoms with Gasteiger partial charge in [0, 0.05) is 25.3 Å². The highest BCUT2D eigenvalue weighted by molar-refractivity contribution is 7.89. The van der Waals surface area contributed by atoms with Crippen molar-refractivity contribution in [3.05, 3.63) is 47.5 Å². The van der Waals surface area contributed by atoms with Crippen LogP contribution in [0, 0.1) is 0 Å². The van der Waals surface area contributed by atoms with Gasteiger partial charge in [0.2, 0.25) is 15.9 Å². The standard InChI is InChI=1S/C19H23ClN2O5S/c1-5-22(28(24,25)16-9-10-18(27-4)17(20)12-16)13-19(23)21(2)14-7-6-8-15(11-14)26-3/h6-12H,5,13H2,1-4H3. The van der Waals surface area contributed by atoms with Crippen LogP contribution in [0.1, 0.15) is 6.92 Å². The van der Waals surface area contributed by atoms with Crippen molar-refractivity contribution in [1.29, 1.82) is 0 Å². The summed E-state index contributed by atoms with van der Waals surface area (Å²) in [5.74, 6) is 0.598. The van der Waals surface area contributed by atoms with Crippen LogP contribution in [0.4, 0.5) is 5.69 Å². The van der Waals surface area contributed by atoms with E-state index in [4.69, 9.17) is 21.1 Å². The predicted molar refractivity (Wildman–Crippen MR) is 109 cm³/mol. The number of anilines is 1. The minimum absolute atomic E-state index is 0.00279. The molecule has 0 atom stereocenters. The molecule has 0 aliphatic rings. The number of hydrogen-bond acceptors (Lipinski definition) is 5. The Morgan fingerprint density at radius 3 is 2.39 bits per heavy atom. The summed E-state index contributed by atoms with van der Waals surface area (Å²) in [5.41, 5.74) is 0.602. The number of carbonyl (C=O) groups is 1. The van der Waals surface area contributed by atoms with Gasteiger partial charge in [-0.1, -0.05) is 24.6 Å². The second-order valence-electron chi connectivity index (χ2n) is 5.88. The molecule has 0 N–H and O–H groups in total. The Hall–Kier alpha value is -2.29. The molecule has 7 nitrogen and oxygen atoms in total. The topological polar surface area (TPSA) is 76.2 Å². The van der Waals surface area contributed by atoms with Crippen LogP contribution in [-0.2, 0) is 14.8 Å². The van der Waals surface area contributed by atoms with Gasteiger partial charge in [-0.15, -0.1) is 0 Å². The van der Waals surface area contributed by atoms with Gasteiger partial charge in [0.05, 0.1) is 30.7 Å². The van der Waals surface area contributed by atoms with Gasteiger partial charge in [-0.25, -0.2) is 8.42 Å². The van der Waals surface area contributed by atoms with Gasteiger partial charge in [0.1, 0.15) is 11.5 Å². The van der Waals surface area contributed by atoms with E-state index in [1.165, 1.54) is 37.3 Å². The molecule has 0 bridgehead atoms. The van der Waals surface area contributed by atoms with Crippen LogP contribution < -0.4 is 14.4 Å². The van der Waals surface area contributed by atoms with Gasteiger partial charge in [0.25, 0.3) is 0 Å². The fourth-order valence-corrected chi connectivity index (χ4v) is 4.29. The number of halogens is 1. The molecule has 2 rings (SSSR count). The number of benzene rings is 2. The zero-order valence-corrected chi connectivity index (χ0v) is 17.7. The SMILES string of the molecule is CCN(CC(=O)N(C)c1cccc(OC)c1)S(=O)(=O)c1ccc(OC)c(Cl)c1. The van der Waals surface area contributed by atoms with Gasteiger partial charge >= 0.3 is 0 Å². The van der Waals surface area contributed by atoms with Gasteiger partial charge in [-0.05, 0) is 30.3 Å². The zero-order valence-electron chi connectivity index (χ0n) is 16.2. The van der Waals surface area contributed by atoms with Crippen molar-refractivity contribution in [2.75, 3.05) is 39.3 Å². The van der Waals surface area contributed by atoms with Crippen molar-refractivity contribution in [3.63, 3.8) is 0 Å². The number of rotatable bonds is 8. The zero-order chi connectivity index (χ0) is 20.9. The maximum atomic E-state index is 12.9. The molecule has 0 aromatic heterocycles. The Kier molecular flexibility index (Phi) is 7.29. The molecule has 9 heteroatoms. The summed E-state index contributed by atoms with van der Waals surface area (Å²) in [4.78, 5) is 14.1. The molecule has 152 valence electrons. The van der Waals surface area contributed by atoms with E-state index in [1.807, 2.05) is 0 Å². The molecule has 0 unspecified atom stereocenters. The number of carbonyl (C=O) groups excluding carboxylic acids is 1. The molecule has 28 heavy (non-hydrogen) atoms. The van der Waals surface area contributed by atoms with E-state index >= 15 is 0 Å². The highest BCUT2D eigenvalue weighted by Gasteiger charge is 2.27. The highest BCUT2D eigenvalue weighted by Crippen LogP contribution is 2.28. The molecule has 0 saturated heterocycles. The fourth-order valence-electron chi connectivity index (χ4n) is 2.54. The average molecular weight is 427 g/mol. The molecule has 0 aliphatic heterocycles. The van der Waals surface area contributed by atoms with Crippen molar-refractivity contribution >= 4 is 33.2 Å². The Morgan fingerprint density at radius 1 is 1.11 bits per heavy atom. The number of methoxy groups -OCH3 is 2. The Bertz CT molecular complexity index is 949. The Labute approximate surface area is 170 Å². The third kappa shape index (κ3) is 4.76. The number of hydrogen-bond donors (Lipinski definition) is 0. The molecule has 1 amide bonds. The van der Waals surface area contributed by atoms with Crippen molar-refractivity contribution in [1.82, 2.24) is 4.31 Å². The fraction of sp³-hybridized carbons (Fsp3) is 0.316. The first-order chi connectivity index (χ1) is 13.2. The van der Waals surface area contributed by atoms with Crippen LogP contribution >= 0.6 is 11.6 Å². The van der Waals surface area contributed by atoms with Crippen LogP contribution in [0.3, 0.4) is 0 Å². The molecule has 0 spiro atoms. The van der Waals surface area contributed by atoms with E-state index in [0.29, 0.717) is 17.2 Å². The van der Waals surface area contributed by atoms with E-state index in [-0.39, 0.29) is 28.9 Å². The van der Waals surface area contributed by atoms with E-state index in [9.17, 15) is 13.2 Å². The van der Waals surface area contributed by atoms with E-state index < -0.39 is 10.0 Å². The number of sulfonamides is 1. The predicted octanol–water partition coefficient (Wildman–Crippen LogP) is 3.03. The van der Waals surface area contributed by atoms with E-state index in [2.05, 4.69) is 0 Å². The second kappa shape index (κ2) is 9.27. The number of nitrogens with zero attached hydrogens (tertiary/aromatic N) is 2. The minimum atomic E-state index is -3.90. The molecular weight excluding hydrogens is 404 g/mol. The monoisotopic (exact) mass is 426 g/mol. The van der Waals surface area contributed by atoms with Gasteiger partial charge in [-0.3, -0.25) is 4.79 Å². The van der Waals surface area contributed by atoms with Gasteiger partial charge < -0.3 is 14.4 Å². The highest BCUT2D eigenvalue weighted by atomic mass is 35.5. The summed E-state index contributed by atoms with van der Waals surface area (Å²) in [7, 11) is 0.663. The second-order valence-corrected chi connectivity index (χ2v) is 8.23. The number of likely N-dealkylation sites (N-methyl/N-ethyl adjacent to an activating group) is 2. The number of amides is 1. The maximum Gasteiger partial charge on any atom is 0.243 e. The van der Waals surface area contributed by atoms with E-state index in [0.717, 1.165) is 4.31 Å². The molecule has 0 aliphatic carbocycles. The summed E-state index contributed by atoms with van der Waals surface area (Å²) < 4.78 is 37.2. The first kappa shape index (κ1) is 22.0. The molecule has 0 fully saturated rings. The van der Waals surface area contributed by atoms with Crippen LogP contribution in [0.25, 0.3) is 0 Å². The van der Waals surface area contributed by atoms with Crippen LogP contribution in [0.2, 0.25) is 5.02 Å². The lowest BCUT2D eigenvalue weighted by Crippen LogP contribution is -2.41. The van der Waals surface area contributed by atoms with E-state index in [1.54, 1.807) is 38.2 Å². The Balaban J connectivity index is 2.24. The minimum Gasteiger partial charge on any atom is -0.497 e. The molecule has 2 aromatic carbocycles. The quantitative estimate of drug-likeness (QED) is 0.648. The molecule has 0 saturated carbocycles. The normalized spacial score (nSPS) is 11.4. The average Bonchev–Trinajstić information content (AvgIpc) is 2.70.